The molecule has 1 N–H and O–H groups in total. The predicted molar refractivity (Wildman–Crippen MR) is 135 cm³/mol. The van der Waals surface area contributed by atoms with Gasteiger partial charge in [0.1, 0.15) is 5.82 Å². The van der Waals surface area contributed by atoms with E-state index in [1.54, 1.807) is 24.3 Å². The van der Waals surface area contributed by atoms with E-state index in [1.165, 1.54) is 6.92 Å². The van der Waals surface area contributed by atoms with Crippen molar-refractivity contribution >= 4 is 34.2 Å². The van der Waals surface area contributed by atoms with E-state index in [-0.39, 0.29) is 17.9 Å². The van der Waals surface area contributed by atoms with E-state index in [0.717, 1.165) is 47.3 Å². The van der Waals surface area contributed by atoms with Crippen molar-refractivity contribution in [2.24, 2.45) is 0 Å². The van der Waals surface area contributed by atoms with Crippen molar-refractivity contribution in [3.8, 4) is 0 Å². The first-order valence-corrected chi connectivity index (χ1v) is 11.7. The predicted octanol–water partition coefficient (Wildman–Crippen LogP) is 4.39. The number of nitrogens with one attached hydrogen (secondary N) is 1. The summed E-state index contributed by atoms with van der Waals surface area (Å²) in [6, 6.07) is 15.3. The highest BCUT2D eigenvalue weighted by atomic mass is 16.5. The highest BCUT2D eigenvalue weighted by Gasteiger charge is 2.25. The van der Waals surface area contributed by atoms with Gasteiger partial charge in [-0.15, -0.1) is 0 Å². The maximum atomic E-state index is 13.6. The Kier molecular flexibility index (Phi) is 7.12. The van der Waals surface area contributed by atoms with Crippen molar-refractivity contribution in [3.63, 3.8) is 0 Å². The lowest BCUT2D eigenvalue weighted by atomic mass is 10.1. The molecule has 0 aliphatic carbocycles. The van der Waals surface area contributed by atoms with E-state index in [1.807, 2.05) is 30.0 Å². The molecule has 34 heavy (non-hydrogen) atoms. The number of nitrogens with zero attached hydrogens (tertiary/aromatic N) is 3. The highest BCUT2D eigenvalue weighted by Crippen LogP contribution is 2.27. The molecule has 1 saturated heterocycles. The van der Waals surface area contributed by atoms with Crippen LogP contribution in [0, 0.1) is 6.92 Å². The van der Waals surface area contributed by atoms with Gasteiger partial charge in [0.15, 0.2) is 0 Å². The summed E-state index contributed by atoms with van der Waals surface area (Å²) in [7, 11) is 3.95. The van der Waals surface area contributed by atoms with E-state index in [9.17, 15) is 9.59 Å². The molecule has 1 fully saturated rings. The number of amides is 2. The molecule has 2 aromatic carbocycles. The summed E-state index contributed by atoms with van der Waals surface area (Å²) in [4.78, 5) is 33.7. The van der Waals surface area contributed by atoms with Crippen LogP contribution in [0.1, 0.15) is 41.3 Å². The molecule has 1 aliphatic heterocycles. The maximum Gasteiger partial charge on any atom is 0.254 e. The fraction of sp³-hybridized carbons (Fsp3) is 0.370. The van der Waals surface area contributed by atoms with Crippen molar-refractivity contribution in [1.82, 2.24) is 9.88 Å². The van der Waals surface area contributed by atoms with E-state index in [0.29, 0.717) is 24.3 Å². The molecular formula is C27H32N4O3. The van der Waals surface area contributed by atoms with Crippen LogP contribution in [0.3, 0.4) is 0 Å². The van der Waals surface area contributed by atoms with Crippen LogP contribution in [0.2, 0.25) is 0 Å². The molecule has 4 rings (SSSR count). The third kappa shape index (κ3) is 5.37. The number of aryl methyl sites for hydroxylation is 1. The lowest BCUT2D eigenvalue weighted by Gasteiger charge is -2.28. The van der Waals surface area contributed by atoms with Crippen molar-refractivity contribution in [1.29, 1.82) is 0 Å². The minimum Gasteiger partial charge on any atom is -0.376 e. The van der Waals surface area contributed by atoms with Gasteiger partial charge >= 0.3 is 0 Å². The Labute approximate surface area is 200 Å². The van der Waals surface area contributed by atoms with Crippen LogP contribution < -0.4 is 10.2 Å². The number of pyridine rings is 1. The Hall–Kier alpha value is -3.45. The highest BCUT2D eigenvalue weighted by molar-refractivity contribution is 5.95. The molecule has 0 saturated carbocycles. The van der Waals surface area contributed by atoms with Gasteiger partial charge in [-0.25, -0.2) is 4.98 Å². The number of carbonyl (C=O) groups is 2. The Balaban J connectivity index is 1.67. The largest absolute Gasteiger partial charge is 0.376 e. The van der Waals surface area contributed by atoms with Gasteiger partial charge < -0.3 is 19.9 Å². The Morgan fingerprint density at radius 1 is 1.15 bits per heavy atom. The van der Waals surface area contributed by atoms with Crippen LogP contribution in [0.25, 0.3) is 10.9 Å². The van der Waals surface area contributed by atoms with Crippen molar-refractivity contribution in [2.75, 3.05) is 37.5 Å². The standard InChI is InChI=1S/C27H32N4O3/c1-18-7-5-8-21-15-22(26(30(3)4)29-25(18)21)16-31(17-24-9-6-14-34-24)27(33)20-10-12-23(13-11-20)28-19(2)32/h5,7-8,10-13,15,24H,6,9,14,16-17H2,1-4H3,(H,28,32). The number of hydrogen-bond donors (Lipinski definition) is 1. The first-order chi connectivity index (χ1) is 16.3. The average molecular weight is 461 g/mol. The minimum absolute atomic E-state index is 0.0288. The molecule has 0 bridgehead atoms. The van der Waals surface area contributed by atoms with Crippen molar-refractivity contribution in [2.45, 2.75) is 39.3 Å². The topological polar surface area (TPSA) is 74.8 Å². The molecule has 1 atom stereocenters. The quantitative estimate of drug-likeness (QED) is 0.566. The molecule has 1 unspecified atom stereocenters. The number of para-hydroxylation sites is 1. The van der Waals surface area contributed by atoms with Crippen LogP contribution in [0.15, 0.2) is 48.5 Å². The summed E-state index contributed by atoms with van der Waals surface area (Å²) in [5.74, 6) is 0.640. The number of aromatic nitrogens is 1. The fourth-order valence-electron chi connectivity index (χ4n) is 4.43. The number of fused-ring (bicyclic) bond motifs is 1. The van der Waals surface area contributed by atoms with Crippen LogP contribution in [0.4, 0.5) is 11.5 Å². The van der Waals surface area contributed by atoms with Crippen LogP contribution in [0.5, 0.6) is 0 Å². The zero-order chi connectivity index (χ0) is 24.2. The average Bonchev–Trinajstić information content (AvgIpc) is 3.31. The molecule has 3 aromatic rings. The summed E-state index contributed by atoms with van der Waals surface area (Å²) >= 11 is 0. The Morgan fingerprint density at radius 2 is 1.91 bits per heavy atom. The van der Waals surface area contributed by atoms with Gasteiger partial charge in [-0.1, -0.05) is 18.2 Å². The number of rotatable bonds is 7. The molecule has 2 heterocycles. The van der Waals surface area contributed by atoms with Crippen LogP contribution >= 0.6 is 0 Å². The summed E-state index contributed by atoms with van der Waals surface area (Å²) in [6.07, 6.45) is 1.99. The zero-order valence-electron chi connectivity index (χ0n) is 20.3. The molecule has 7 nitrogen and oxygen atoms in total. The molecule has 7 heteroatoms. The molecule has 1 aliphatic rings. The van der Waals surface area contributed by atoms with Gasteiger partial charge in [-0.2, -0.15) is 0 Å². The second kappa shape index (κ2) is 10.2. The van der Waals surface area contributed by atoms with Crippen LogP contribution in [-0.4, -0.2) is 55.0 Å². The smallest absolute Gasteiger partial charge is 0.254 e. The Morgan fingerprint density at radius 3 is 2.56 bits per heavy atom. The van der Waals surface area contributed by atoms with Gasteiger partial charge in [-0.05, 0) is 55.7 Å². The number of anilines is 2. The first kappa shape index (κ1) is 23.7. The molecule has 0 spiro atoms. The zero-order valence-corrected chi connectivity index (χ0v) is 20.3. The third-order valence-corrected chi connectivity index (χ3v) is 6.08. The van der Waals surface area contributed by atoms with Crippen LogP contribution in [-0.2, 0) is 16.1 Å². The summed E-state index contributed by atoms with van der Waals surface area (Å²) in [5.41, 5.74) is 4.32. The van der Waals surface area contributed by atoms with Gasteiger partial charge in [-0.3, -0.25) is 9.59 Å². The molecule has 1 aromatic heterocycles. The van der Waals surface area contributed by atoms with Gasteiger partial charge in [0, 0.05) is 62.9 Å². The number of ether oxygens (including phenoxy) is 1. The normalized spacial score (nSPS) is 15.4. The van der Waals surface area contributed by atoms with E-state index in [2.05, 4.69) is 30.4 Å². The number of benzene rings is 2. The van der Waals surface area contributed by atoms with Crippen molar-refractivity contribution in [3.05, 3.63) is 65.2 Å². The number of carbonyl (C=O) groups excluding carboxylic acids is 2. The Bertz CT molecular complexity index is 1180. The SMILES string of the molecule is CC(=O)Nc1ccc(C(=O)N(Cc2cc3cccc(C)c3nc2N(C)C)CC2CCCO2)cc1. The van der Waals surface area contributed by atoms with Gasteiger partial charge in [0.05, 0.1) is 11.6 Å². The monoisotopic (exact) mass is 460 g/mol. The molecule has 0 radical (unpaired) electrons. The number of hydrogen-bond acceptors (Lipinski definition) is 5. The van der Waals surface area contributed by atoms with E-state index >= 15 is 0 Å². The second-order valence-electron chi connectivity index (χ2n) is 9.09. The van der Waals surface area contributed by atoms with Crippen molar-refractivity contribution < 1.29 is 14.3 Å². The minimum atomic E-state index is -0.144. The molecule has 2 amide bonds. The molecule has 178 valence electrons. The fourth-order valence-corrected chi connectivity index (χ4v) is 4.43. The third-order valence-electron chi connectivity index (χ3n) is 6.08. The van der Waals surface area contributed by atoms with E-state index in [4.69, 9.17) is 9.72 Å². The maximum absolute atomic E-state index is 13.6. The summed E-state index contributed by atoms with van der Waals surface area (Å²) < 4.78 is 5.87. The lowest BCUT2D eigenvalue weighted by Crippen LogP contribution is -2.37. The molecular weight excluding hydrogens is 428 g/mol. The van der Waals surface area contributed by atoms with Gasteiger partial charge in [0.25, 0.3) is 5.91 Å². The van der Waals surface area contributed by atoms with E-state index < -0.39 is 0 Å². The van der Waals surface area contributed by atoms with Gasteiger partial charge in [0.2, 0.25) is 5.91 Å². The summed E-state index contributed by atoms with van der Waals surface area (Å²) in [5, 5.41) is 3.80. The summed E-state index contributed by atoms with van der Waals surface area (Å²) in [6.45, 7) is 5.20. The first-order valence-electron chi connectivity index (χ1n) is 11.7. The lowest BCUT2D eigenvalue weighted by molar-refractivity contribution is -0.114. The second-order valence-corrected chi connectivity index (χ2v) is 9.09.